The predicted molar refractivity (Wildman–Crippen MR) is 78.6 cm³/mol. The number of rotatable bonds is 5. The van der Waals surface area contributed by atoms with Crippen LogP contribution in [-0.2, 0) is 9.53 Å². The first kappa shape index (κ1) is 17.8. The second-order valence-electron chi connectivity index (χ2n) is 3.44. The number of carboxylic acid groups (broad SMARTS) is 1. The highest BCUT2D eigenvalue weighted by molar-refractivity contribution is 6.30. The quantitative estimate of drug-likeness (QED) is 0.495. The van der Waals surface area contributed by atoms with Gasteiger partial charge in [-0.15, -0.1) is 0 Å². The number of anilines is 1. The third kappa shape index (κ3) is 8.01. The van der Waals surface area contributed by atoms with Crippen LogP contribution in [0.1, 0.15) is 13.8 Å². The summed E-state index contributed by atoms with van der Waals surface area (Å²) in [6.45, 7) is 5.07. The number of hydrogen-bond donors (Lipinski definition) is 2. The van der Waals surface area contributed by atoms with Crippen LogP contribution < -0.4 is 5.32 Å². The van der Waals surface area contributed by atoms with Gasteiger partial charge in [-0.3, -0.25) is 0 Å². The van der Waals surface area contributed by atoms with Crippen molar-refractivity contribution in [3.05, 3.63) is 41.1 Å². The van der Waals surface area contributed by atoms with Gasteiger partial charge in [-0.05, 0) is 38.1 Å². The van der Waals surface area contributed by atoms with Crippen LogP contribution in [0.3, 0.4) is 0 Å². The standard InChI is InChI=1S/C8H10ClN.C6H7NO3/c1-2-10-8-5-3-7(9)4-6-8;1-2-10-4-5(3-7)6(8)9/h3-6,10H,2H2,1H3;4H,2H2,1H3,(H,8,9). The fourth-order valence-electron chi connectivity index (χ4n) is 1.06. The van der Waals surface area contributed by atoms with Gasteiger partial charge in [-0.25, -0.2) is 4.79 Å². The Morgan fingerprint density at radius 3 is 2.45 bits per heavy atom. The van der Waals surface area contributed by atoms with Crippen LogP contribution in [0, 0.1) is 11.3 Å². The van der Waals surface area contributed by atoms with Crippen molar-refractivity contribution in [3.8, 4) is 6.07 Å². The first-order chi connectivity index (χ1) is 9.54. The fourth-order valence-corrected chi connectivity index (χ4v) is 1.19. The lowest BCUT2D eigenvalue weighted by Crippen LogP contribution is -1.98. The average molecular weight is 297 g/mol. The van der Waals surface area contributed by atoms with Gasteiger partial charge in [0.05, 0.1) is 6.61 Å². The van der Waals surface area contributed by atoms with E-state index in [9.17, 15) is 4.79 Å². The maximum atomic E-state index is 10.1. The van der Waals surface area contributed by atoms with E-state index >= 15 is 0 Å². The molecule has 0 aromatic heterocycles. The Morgan fingerprint density at radius 1 is 1.45 bits per heavy atom. The van der Waals surface area contributed by atoms with Gasteiger partial charge < -0.3 is 15.2 Å². The van der Waals surface area contributed by atoms with Crippen LogP contribution in [-0.4, -0.2) is 24.2 Å². The Labute approximate surface area is 123 Å². The zero-order valence-corrected chi connectivity index (χ0v) is 12.1. The molecule has 0 unspecified atom stereocenters. The van der Waals surface area contributed by atoms with Crippen LogP contribution in [0.15, 0.2) is 36.1 Å². The molecule has 0 saturated heterocycles. The summed E-state index contributed by atoms with van der Waals surface area (Å²) < 4.78 is 4.58. The van der Waals surface area contributed by atoms with E-state index in [0.717, 1.165) is 23.5 Å². The van der Waals surface area contributed by atoms with E-state index in [-0.39, 0.29) is 5.57 Å². The molecule has 0 bridgehead atoms. The van der Waals surface area contributed by atoms with Gasteiger partial charge in [0.1, 0.15) is 12.3 Å². The van der Waals surface area contributed by atoms with E-state index in [1.807, 2.05) is 24.3 Å². The van der Waals surface area contributed by atoms with Crippen molar-refractivity contribution in [2.45, 2.75) is 13.8 Å². The summed E-state index contributed by atoms with van der Waals surface area (Å²) in [5, 5.41) is 20.3. The zero-order chi connectivity index (χ0) is 15.4. The Bertz CT molecular complexity index is 478. The molecule has 0 saturated carbocycles. The molecule has 6 heteroatoms. The van der Waals surface area contributed by atoms with Crippen molar-refractivity contribution in [1.29, 1.82) is 5.26 Å². The van der Waals surface area contributed by atoms with Gasteiger partial charge in [-0.2, -0.15) is 5.26 Å². The summed E-state index contributed by atoms with van der Waals surface area (Å²) in [5.74, 6) is -1.27. The number of carbonyl (C=O) groups is 1. The van der Waals surface area contributed by atoms with Crippen LogP contribution >= 0.6 is 11.6 Å². The molecule has 1 aromatic rings. The lowest BCUT2D eigenvalue weighted by molar-refractivity contribution is -0.132. The topological polar surface area (TPSA) is 82.3 Å². The second-order valence-corrected chi connectivity index (χ2v) is 3.88. The summed E-state index contributed by atoms with van der Waals surface area (Å²) in [5.41, 5.74) is 0.730. The first-order valence-electron chi connectivity index (χ1n) is 5.99. The molecule has 0 fully saturated rings. The van der Waals surface area contributed by atoms with E-state index in [1.54, 1.807) is 6.92 Å². The highest BCUT2D eigenvalue weighted by Gasteiger charge is 2.04. The summed E-state index contributed by atoms with van der Waals surface area (Å²) in [4.78, 5) is 10.1. The molecule has 20 heavy (non-hydrogen) atoms. The normalized spacial score (nSPS) is 9.80. The number of benzene rings is 1. The van der Waals surface area contributed by atoms with Crippen LogP contribution in [0.4, 0.5) is 5.69 Å². The van der Waals surface area contributed by atoms with Crippen molar-refractivity contribution in [1.82, 2.24) is 0 Å². The van der Waals surface area contributed by atoms with E-state index in [4.69, 9.17) is 22.0 Å². The number of aliphatic carboxylic acids is 1. The number of nitrogens with one attached hydrogen (secondary N) is 1. The lowest BCUT2D eigenvalue weighted by Gasteiger charge is -2.00. The van der Waals surface area contributed by atoms with Crippen molar-refractivity contribution in [3.63, 3.8) is 0 Å². The summed E-state index contributed by atoms with van der Waals surface area (Å²) in [6, 6.07) is 9.15. The monoisotopic (exact) mass is 296 g/mol. The van der Waals surface area contributed by atoms with Gasteiger partial charge in [0.25, 0.3) is 0 Å². The number of halogens is 1. The largest absolute Gasteiger partial charge is 0.500 e. The molecular formula is C14H17ClN2O3. The highest BCUT2D eigenvalue weighted by Crippen LogP contribution is 2.12. The molecule has 0 spiro atoms. The van der Waals surface area contributed by atoms with Crippen molar-refractivity contribution in [2.24, 2.45) is 0 Å². The first-order valence-corrected chi connectivity index (χ1v) is 6.37. The highest BCUT2D eigenvalue weighted by atomic mass is 35.5. The van der Waals surface area contributed by atoms with Crippen molar-refractivity contribution in [2.75, 3.05) is 18.5 Å². The molecule has 2 N–H and O–H groups in total. The Morgan fingerprint density at radius 2 is 2.05 bits per heavy atom. The third-order valence-corrected chi connectivity index (χ3v) is 2.20. The Balaban J connectivity index is 0.000000361. The number of carboxylic acids is 1. The Kier molecular flexibility index (Phi) is 9.53. The SMILES string of the molecule is CCNc1ccc(Cl)cc1.CCOC=C(C#N)C(=O)O. The minimum absolute atomic E-state index is 0.360. The average Bonchev–Trinajstić information content (AvgIpc) is 2.43. The minimum Gasteiger partial charge on any atom is -0.500 e. The molecule has 0 aliphatic carbocycles. The lowest BCUT2D eigenvalue weighted by atomic mass is 10.3. The smallest absolute Gasteiger partial charge is 0.349 e. The van der Waals surface area contributed by atoms with Crippen LogP contribution in [0.5, 0.6) is 0 Å². The number of ether oxygens (including phenoxy) is 1. The van der Waals surface area contributed by atoms with E-state index in [0.29, 0.717) is 6.61 Å². The Hall–Kier alpha value is -2.19. The fraction of sp³-hybridized carbons (Fsp3) is 0.286. The zero-order valence-electron chi connectivity index (χ0n) is 11.4. The molecule has 0 amide bonds. The molecule has 5 nitrogen and oxygen atoms in total. The molecule has 0 aliphatic rings. The van der Waals surface area contributed by atoms with Crippen LogP contribution in [0.2, 0.25) is 5.02 Å². The molecule has 0 heterocycles. The summed E-state index contributed by atoms with van der Waals surface area (Å²) in [6.07, 6.45) is 0.933. The number of hydrogen-bond acceptors (Lipinski definition) is 4. The predicted octanol–water partition coefficient (Wildman–Crippen LogP) is 3.29. The molecule has 0 radical (unpaired) electrons. The minimum atomic E-state index is -1.27. The van der Waals surface area contributed by atoms with Crippen molar-refractivity contribution >= 4 is 23.3 Å². The number of nitriles is 1. The molecule has 0 atom stereocenters. The maximum absolute atomic E-state index is 10.1. The van der Waals surface area contributed by atoms with Gasteiger partial charge in [-0.1, -0.05) is 11.6 Å². The van der Waals surface area contributed by atoms with Crippen LogP contribution in [0.25, 0.3) is 0 Å². The van der Waals surface area contributed by atoms with E-state index < -0.39 is 5.97 Å². The van der Waals surface area contributed by atoms with Gasteiger partial charge in [0.2, 0.25) is 0 Å². The summed E-state index contributed by atoms with van der Waals surface area (Å²) in [7, 11) is 0. The maximum Gasteiger partial charge on any atom is 0.349 e. The number of nitrogens with zero attached hydrogens (tertiary/aromatic N) is 1. The molecule has 1 rings (SSSR count). The molecule has 1 aromatic carbocycles. The van der Waals surface area contributed by atoms with Crippen molar-refractivity contribution < 1.29 is 14.6 Å². The van der Waals surface area contributed by atoms with Gasteiger partial charge in [0, 0.05) is 17.3 Å². The molecule has 108 valence electrons. The molecule has 0 aliphatic heterocycles. The molecular weight excluding hydrogens is 280 g/mol. The second kappa shape index (κ2) is 10.7. The van der Waals surface area contributed by atoms with E-state index in [2.05, 4.69) is 17.0 Å². The van der Waals surface area contributed by atoms with E-state index in [1.165, 1.54) is 6.07 Å². The van der Waals surface area contributed by atoms with Gasteiger partial charge >= 0.3 is 5.97 Å². The summed E-state index contributed by atoms with van der Waals surface area (Å²) >= 11 is 5.68. The third-order valence-electron chi connectivity index (χ3n) is 1.94. The van der Waals surface area contributed by atoms with Gasteiger partial charge in [0.15, 0.2) is 5.57 Å².